The second-order valence-electron chi connectivity index (χ2n) is 3.50. The predicted octanol–water partition coefficient (Wildman–Crippen LogP) is 1.49. The second kappa shape index (κ2) is 6.24. The molecule has 0 fully saturated rings. The zero-order valence-electron chi connectivity index (χ0n) is 9.75. The molecule has 0 spiro atoms. The van der Waals surface area contributed by atoms with Crippen LogP contribution in [0.5, 0.6) is 0 Å². The van der Waals surface area contributed by atoms with E-state index in [0.717, 1.165) is 31.1 Å². The fraction of sp³-hybridized carbons (Fsp3) is 0.545. The molecule has 0 atom stereocenters. The Labute approximate surface area is 91.7 Å². The SMILES string of the molecule is CCN(C)CCNc1ccnc(NC)c1. The molecule has 0 aliphatic heterocycles. The second-order valence-corrected chi connectivity index (χ2v) is 3.50. The van der Waals surface area contributed by atoms with Crippen molar-refractivity contribution in [2.75, 3.05) is 44.4 Å². The molecule has 0 aliphatic rings. The van der Waals surface area contributed by atoms with Crippen LogP contribution in [0.3, 0.4) is 0 Å². The lowest BCUT2D eigenvalue weighted by molar-refractivity contribution is 0.367. The highest BCUT2D eigenvalue weighted by Crippen LogP contribution is 2.10. The third-order valence-electron chi connectivity index (χ3n) is 2.38. The Morgan fingerprint density at radius 3 is 2.93 bits per heavy atom. The lowest BCUT2D eigenvalue weighted by Crippen LogP contribution is -2.24. The maximum Gasteiger partial charge on any atom is 0.127 e. The summed E-state index contributed by atoms with van der Waals surface area (Å²) in [5.41, 5.74) is 1.11. The smallest absolute Gasteiger partial charge is 0.127 e. The molecule has 15 heavy (non-hydrogen) atoms. The first-order valence-electron chi connectivity index (χ1n) is 5.32. The van der Waals surface area contributed by atoms with E-state index in [1.54, 1.807) is 6.20 Å². The molecule has 1 aromatic rings. The Morgan fingerprint density at radius 2 is 2.27 bits per heavy atom. The van der Waals surface area contributed by atoms with E-state index in [4.69, 9.17) is 0 Å². The number of hydrogen-bond acceptors (Lipinski definition) is 4. The largest absolute Gasteiger partial charge is 0.384 e. The van der Waals surface area contributed by atoms with Crippen molar-refractivity contribution >= 4 is 11.5 Å². The molecule has 84 valence electrons. The number of hydrogen-bond donors (Lipinski definition) is 2. The fourth-order valence-corrected chi connectivity index (χ4v) is 1.23. The first-order valence-corrected chi connectivity index (χ1v) is 5.32. The summed E-state index contributed by atoms with van der Waals surface area (Å²) in [6, 6.07) is 3.98. The van der Waals surface area contributed by atoms with Crippen molar-refractivity contribution in [3.8, 4) is 0 Å². The summed E-state index contributed by atoms with van der Waals surface area (Å²) in [5, 5.41) is 6.38. The van der Waals surface area contributed by atoms with Crippen LogP contribution in [-0.2, 0) is 0 Å². The molecule has 0 unspecified atom stereocenters. The maximum absolute atomic E-state index is 4.16. The number of likely N-dealkylation sites (N-methyl/N-ethyl adjacent to an activating group) is 1. The molecule has 0 saturated carbocycles. The van der Waals surface area contributed by atoms with Gasteiger partial charge in [-0.3, -0.25) is 0 Å². The normalized spacial score (nSPS) is 10.4. The number of nitrogens with zero attached hydrogens (tertiary/aromatic N) is 2. The monoisotopic (exact) mass is 208 g/mol. The van der Waals surface area contributed by atoms with Gasteiger partial charge in [0.25, 0.3) is 0 Å². The standard InChI is InChI=1S/C11H20N4/c1-4-15(3)8-7-13-10-5-6-14-11(9-10)12-2/h5-6,9H,4,7-8H2,1-3H3,(H2,12,13,14). The van der Waals surface area contributed by atoms with Crippen molar-refractivity contribution in [3.63, 3.8) is 0 Å². The minimum atomic E-state index is 0.892. The summed E-state index contributed by atoms with van der Waals surface area (Å²) >= 11 is 0. The van der Waals surface area contributed by atoms with Crippen molar-refractivity contribution < 1.29 is 0 Å². The molecule has 0 aromatic carbocycles. The van der Waals surface area contributed by atoms with Gasteiger partial charge in [-0.2, -0.15) is 0 Å². The van der Waals surface area contributed by atoms with E-state index in [0.29, 0.717) is 0 Å². The van der Waals surface area contributed by atoms with Gasteiger partial charge in [0.1, 0.15) is 5.82 Å². The Morgan fingerprint density at radius 1 is 1.47 bits per heavy atom. The van der Waals surface area contributed by atoms with E-state index < -0.39 is 0 Å². The minimum absolute atomic E-state index is 0.892. The number of nitrogens with one attached hydrogen (secondary N) is 2. The lowest BCUT2D eigenvalue weighted by atomic mass is 10.3. The van der Waals surface area contributed by atoms with Crippen molar-refractivity contribution in [3.05, 3.63) is 18.3 Å². The van der Waals surface area contributed by atoms with Gasteiger partial charge in [0.05, 0.1) is 0 Å². The minimum Gasteiger partial charge on any atom is -0.384 e. The maximum atomic E-state index is 4.16. The number of pyridine rings is 1. The first-order chi connectivity index (χ1) is 7.26. The summed E-state index contributed by atoms with van der Waals surface area (Å²) in [6.07, 6.45) is 1.80. The summed E-state index contributed by atoms with van der Waals surface area (Å²) in [4.78, 5) is 6.43. The quantitative estimate of drug-likeness (QED) is 0.743. The van der Waals surface area contributed by atoms with E-state index in [1.807, 2.05) is 19.2 Å². The van der Waals surface area contributed by atoms with Crippen molar-refractivity contribution in [1.29, 1.82) is 0 Å². The number of rotatable bonds is 6. The zero-order chi connectivity index (χ0) is 11.1. The molecule has 0 saturated heterocycles. The zero-order valence-corrected chi connectivity index (χ0v) is 9.75. The molecule has 0 radical (unpaired) electrons. The lowest BCUT2D eigenvalue weighted by Gasteiger charge is -2.14. The van der Waals surface area contributed by atoms with Crippen molar-refractivity contribution in [2.45, 2.75) is 6.92 Å². The van der Waals surface area contributed by atoms with Crippen LogP contribution >= 0.6 is 0 Å². The molecular formula is C11H20N4. The molecule has 1 heterocycles. The summed E-state index contributed by atoms with van der Waals surface area (Å²) in [7, 11) is 3.99. The van der Waals surface area contributed by atoms with E-state index in [1.165, 1.54) is 0 Å². The van der Waals surface area contributed by atoms with Gasteiger partial charge in [-0.15, -0.1) is 0 Å². The molecule has 1 rings (SSSR count). The van der Waals surface area contributed by atoms with Gasteiger partial charge in [-0.25, -0.2) is 4.98 Å². The van der Waals surface area contributed by atoms with Gasteiger partial charge in [-0.1, -0.05) is 6.92 Å². The van der Waals surface area contributed by atoms with Crippen LogP contribution in [0.25, 0.3) is 0 Å². The molecule has 1 aromatic heterocycles. The van der Waals surface area contributed by atoms with Crippen LogP contribution < -0.4 is 10.6 Å². The van der Waals surface area contributed by atoms with Gasteiger partial charge >= 0.3 is 0 Å². The van der Waals surface area contributed by atoms with Crippen LogP contribution in [0.15, 0.2) is 18.3 Å². The predicted molar refractivity (Wildman–Crippen MR) is 65.4 cm³/mol. The molecule has 0 aliphatic carbocycles. The molecule has 0 amide bonds. The Bertz CT molecular complexity index is 288. The molecule has 0 bridgehead atoms. The van der Waals surface area contributed by atoms with Gasteiger partial charge in [0.15, 0.2) is 0 Å². The van der Waals surface area contributed by atoms with Gasteiger partial charge in [-0.05, 0) is 19.7 Å². The average molecular weight is 208 g/mol. The molecule has 4 heteroatoms. The molecular weight excluding hydrogens is 188 g/mol. The first kappa shape index (κ1) is 11.8. The Balaban J connectivity index is 2.37. The highest BCUT2D eigenvalue weighted by molar-refractivity contribution is 5.51. The third kappa shape index (κ3) is 4.16. The van der Waals surface area contributed by atoms with Crippen molar-refractivity contribution in [2.24, 2.45) is 0 Å². The summed E-state index contributed by atoms with van der Waals surface area (Å²) < 4.78 is 0. The van der Waals surface area contributed by atoms with Crippen LogP contribution in [0, 0.1) is 0 Å². The fourth-order valence-electron chi connectivity index (χ4n) is 1.23. The summed E-state index contributed by atoms with van der Waals surface area (Å²) in [5.74, 6) is 0.892. The van der Waals surface area contributed by atoms with E-state index in [2.05, 4.69) is 34.5 Å². The van der Waals surface area contributed by atoms with Crippen LogP contribution in [0.4, 0.5) is 11.5 Å². The number of aromatic nitrogens is 1. The Kier molecular flexibility index (Phi) is 4.90. The van der Waals surface area contributed by atoms with Crippen LogP contribution in [-0.4, -0.2) is 43.6 Å². The van der Waals surface area contributed by atoms with Gasteiger partial charge < -0.3 is 15.5 Å². The van der Waals surface area contributed by atoms with E-state index in [-0.39, 0.29) is 0 Å². The number of anilines is 2. The summed E-state index contributed by atoms with van der Waals surface area (Å²) in [6.45, 7) is 5.25. The third-order valence-corrected chi connectivity index (χ3v) is 2.38. The van der Waals surface area contributed by atoms with E-state index >= 15 is 0 Å². The molecule has 4 nitrogen and oxygen atoms in total. The Hall–Kier alpha value is -1.29. The van der Waals surface area contributed by atoms with E-state index in [9.17, 15) is 0 Å². The van der Waals surface area contributed by atoms with Crippen LogP contribution in [0.2, 0.25) is 0 Å². The molecule has 2 N–H and O–H groups in total. The average Bonchev–Trinajstić information content (AvgIpc) is 2.29. The van der Waals surface area contributed by atoms with Crippen molar-refractivity contribution in [1.82, 2.24) is 9.88 Å². The van der Waals surface area contributed by atoms with Gasteiger partial charge in [0.2, 0.25) is 0 Å². The van der Waals surface area contributed by atoms with Crippen LogP contribution in [0.1, 0.15) is 6.92 Å². The highest BCUT2D eigenvalue weighted by atomic mass is 15.1. The highest BCUT2D eigenvalue weighted by Gasteiger charge is 1.96. The van der Waals surface area contributed by atoms with Gasteiger partial charge in [0, 0.05) is 38.1 Å². The topological polar surface area (TPSA) is 40.2 Å².